The van der Waals surface area contributed by atoms with Crippen LogP contribution < -0.4 is 5.32 Å². The minimum Gasteiger partial charge on any atom is -0.323 e. The summed E-state index contributed by atoms with van der Waals surface area (Å²) in [6.45, 7) is 6.27. The Hall–Kier alpha value is -3.80. The molecule has 3 aromatic rings. The van der Waals surface area contributed by atoms with Gasteiger partial charge in [0, 0.05) is 34.7 Å². The van der Waals surface area contributed by atoms with E-state index in [-0.39, 0.29) is 35.5 Å². The summed E-state index contributed by atoms with van der Waals surface area (Å²) in [6, 6.07) is 20.8. The molecule has 1 N–H and O–H groups in total. The number of likely N-dealkylation sites (tertiary alicyclic amines) is 1. The molecule has 2 heterocycles. The second kappa shape index (κ2) is 11.1. The first-order valence-electron chi connectivity index (χ1n) is 15.3. The van der Waals surface area contributed by atoms with E-state index >= 15 is 0 Å². The van der Waals surface area contributed by atoms with Crippen molar-refractivity contribution in [2.45, 2.75) is 76.8 Å². The summed E-state index contributed by atoms with van der Waals surface area (Å²) >= 11 is 0. The minimum atomic E-state index is -1.52. The second-order valence-corrected chi connectivity index (χ2v) is 12.8. The zero-order valence-electron chi connectivity index (χ0n) is 24.6. The maximum absolute atomic E-state index is 14.9. The smallest absolute Gasteiger partial charge is 0.255 e. The van der Waals surface area contributed by atoms with Crippen LogP contribution in [0.15, 0.2) is 72.8 Å². The first-order chi connectivity index (χ1) is 20.2. The summed E-state index contributed by atoms with van der Waals surface area (Å²) in [4.78, 5) is 46.2. The molecule has 2 amide bonds. The number of anilines is 1. The zero-order valence-corrected chi connectivity index (χ0v) is 24.6. The van der Waals surface area contributed by atoms with Gasteiger partial charge in [-0.2, -0.15) is 0 Å². The molecule has 1 saturated heterocycles. The second-order valence-electron chi connectivity index (χ2n) is 12.8. The predicted molar refractivity (Wildman–Crippen MR) is 162 cm³/mol. The molecule has 6 heteroatoms. The van der Waals surface area contributed by atoms with Crippen molar-refractivity contribution in [3.05, 3.63) is 101 Å². The third kappa shape index (κ3) is 4.56. The predicted octanol–water partition coefficient (Wildman–Crippen LogP) is 7.40. The first kappa shape index (κ1) is 28.3. The van der Waals surface area contributed by atoms with Crippen LogP contribution in [0.2, 0.25) is 0 Å². The fraction of sp³-hybridized carbons (Fsp3) is 0.417. The van der Waals surface area contributed by atoms with Crippen molar-refractivity contribution < 1.29 is 18.8 Å². The Morgan fingerprint density at radius 3 is 2.29 bits per heavy atom. The van der Waals surface area contributed by atoms with E-state index in [1.54, 1.807) is 0 Å². The zero-order chi connectivity index (χ0) is 29.6. The Bertz CT molecular complexity index is 1490. The summed E-state index contributed by atoms with van der Waals surface area (Å²) in [6.07, 6.45) is 5.28. The van der Waals surface area contributed by atoms with Gasteiger partial charge in [-0.05, 0) is 68.0 Å². The van der Waals surface area contributed by atoms with Crippen molar-refractivity contribution >= 4 is 23.3 Å². The van der Waals surface area contributed by atoms with E-state index in [1.165, 1.54) is 24.3 Å². The van der Waals surface area contributed by atoms with Gasteiger partial charge in [0.15, 0.2) is 11.3 Å². The number of rotatable bonds is 6. The molecule has 42 heavy (non-hydrogen) atoms. The number of amides is 2. The summed E-state index contributed by atoms with van der Waals surface area (Å²) < 4.78 is 14.0. The van der Waals surface area contributed by atoms with Crippen molar-refractivity contribution in [3.63, 3.8) is 0 Å². The van der Waals surface area contributed by atoms with Crippen molar-refractivity contribution in [2.75, 3.05) is 5.32 Å². The van der Waals surface area contributed by atoms with Crippen LogP contribution in [-0.2, 0) is 15.1 Å². The summed E-state index contributed by atoms with van der Waals surface area (Å²) in [5.41, 5.74) is 2.14. The van der Waals surface area contributed by atoms with Gasteiger partial charge in [-0.25, -0.2) is 4.39 Å². The fourth-order valence-corrected chi connectivity index (χ4v) is 7.83. The van der Waals surface area contributed by atoms with Crippen LogP contribution in [-0.4, -0.2) is 28.5 Å². The average molecular weight is 567 g/mol. The molecule has 5 nitrogen and oxygen atoms in total. The standard InChI is InChI=1S/C36H39FN2O3/c1-22(2)21-30-31(24-15-13-23(3)14-16-24)32(33(40)25-17-19-27(37)20-18-25)36(28-11-7-8-12-29(28)38-35(36)42)39(30)34(41)26-9-5-4-6-10-26/h7-8,11-20,22,26,30-32H,4-6,9-10,21H2,1-3H3,(H,38,42). The Balaban J connectivity index is 1.65. The number of carbonyl (C=O) groups is 3. The number of hydrogen-bond donors (Lipinski definition) is 1. The van der Waals surface area contributed by atoms with Gasteiger partial charge in [-0.15, -0.1) is 0 Å². The monoisotopic (exact) mass is 566 g/mol. The average Bonchev–Trinajstić information content (AvgIpc) is 3.44. The third-order valence-electron chi connectivity index (χ3n) is 9.65. The Kier molecular flexibility index (Phi) is 7.50. The van der Waals surface area contributed by atoms with Crippen LogP contribution in [0.5, 0.6) is 0 Å². The molecule has 4 atom stereocenters. The number of hydrogen-bond acceptors (Lipinski definition) is 3. The number of aryl methyl sites for hydroxylation is 1. The number of Topliss-reactive ketones (excluding diaryl/α,β-unsaturated/α-hetero) is 1. The van der Waals surface area contributed by atoms with E-state index in [0.29, 0.717) is 23.2 Å². The highest BCUT2D eigenvalue weighted by Gasteiger charge is 2.70. The molecule has 2 aliphatic heterocycles. The molecule has 1 spiro atoms. The number of ketones is 1. The first-order valence-corrected chi connectivity index (χ1v) is 15.3. The van der Waals surface area contributed by atoms with Crippen LogP contribution >= 0.6 is 0 Å². The van der Waals surface area contributed by atoms with Crippen LogP contribution in [0.25, 0.3) is 0 Å². The van der Waals surface area contributed by atoms with Gasteiger partial charge >= 0.3 is 0 Å². The molecule has 4 unspecified atom stereocenters. The summed E-state index contributed by atoms with van der Waals surface area (Å²) in [5, 5.41) is 3.07. The van der Waals surface area contributed by atoms with Crippen molar-refractivity contribution in [2.24, 2.45) is 17.8 Å². The highest BCUT2D eigenvalue weighted by Crippen LogP contribution is 2.60. The molecule has 0 aromatic heterocycles. The number of para-hydroxylation sites is 1. The fourth-order valence-electron chi connectivity index (χ4n) is 7.83. The SMILES string of the molecule is Cc1ccc(C2C(CC(C)C)N(C(=O)C3CCCCC3)C3(C(=O)Nc4ccccc43)C2C(=O)c2ccc(F)cc2)cc1. The maximum Gasteiger partial charge on any atom is 0.255 e. The van der Waals surface area contributed by atoms with Crippen LogP contribution in [0, 0.1) is 30.5 Å². The van der Waals surface area contributed by atoms with E-state index in [0.717, 1.165) is 43.2 Å². The molecular formula is C36H39FN2O3. The number of benzene rings is 3. The van der Waals surface area contributed by atoms with E-state index in [2.05, 4.69) is 19.2 Å². The molecule has 218 valence electrons. The van der Waals surface area contributed by atoms with Crippen molar-refractivity contribution in [1.29, 1.82) is 0 Å². The van der Waals surface area contributed by atoms with Gasteiger partial charge in [-0.3, -0.25) is 14.4 Å². The topological polar surface area (TPSA) is 66.5 Å². The number of fused-ring (bicyclic) bond motifs is 2. The van der Waals surface area contributed by atoms with E-state index < -0.39 is 23.2 Å². The quantitative estimate of drug-likeness (QED) is 0.316. The molecule has 3 aromatic carbocycles. The molecule has 0 bridgehead atoms. The van der Waals surface area contributed by atoms with Gasteiger partial charge in [0.2, 0.25) is 5.91 Å². The Labute approximate surface area is 247 Å². The van der Waals surface area contributed by atoms with Gasteiger partial charge in [0.1, 0.15) is 5.82 Å². The Morgan fingerprint density at radius 1 is 0.952 bits per heavy atom. The molecular weight excluding hydrogens is 527 g/mol. The number of carbonyl (C=O) groups excluding carboxylic acids is 3. The van der Waals surface area contributed by atoms with Crippen LogP contribution in [0.1, 0.15) is 85.3 Å². The normalized spacial score (nSPS) is 25.6. The molecule has 1 aliphatic carbocycles. The summed E-state index contributed by atoms with van der Waals surface area (Å²) in [7, 11) is 0. The highest BCUT2D eigenvalue weighted by atomic mass is 19.1. The van der Waals surface area contributed by atoms with Crippen LogP contribution in [0.4, 0.5) is 10.1 Å². The van der Waals surface area contributed by atoms with Gasteiger partial charge in [0.25, 0.3) is 5.91 Å². The molecule has 3 aliphatic rings. The lowest BCUT2D eigenvalue weighted by molar-refractivity contribution is -0.150. The lowest BCUT2D eigenvalue weighted by Crippen LogP contribution is -2.57. The van der Waals surface area contributed by atoms with Gasteiger partial charge in [-0.1, -0.05) is 81.1 Å². The largest absolute Gasteiger partial charge is 0.323 e. The number of nitrogens with zero attached hydrogens (tertiary/aromatic N) is 1. The van der Waals surface area contributed by atoms with Gasteiger partial charge in [0.05, 0.1) is 5.92 Å². The van der Waals surface area contributed by atoms with Crippen LogP contribution in [0.3, 0.4) is 0 Å². The lowest BCUT2D eigenvalue weighted by Gasteiger charge is -2.42. The third-order valence-corrected chi connectivity index (χ3v) is 9.65. The molecule has 6 rings (SSSR count). The van der Waals surface area contributed by atoms with E-state index in [4.69, 9.17) is 0 Å². The minimum absolute atomic E-state index is 0.0290. The van der Waals surface area contributed by atoms with E-state index in [9.17, 15) is 18.8 Å². The van der Waals surface area contributed by atoms with E-state index in [1.807, 2.05) is 60.4 Å². The summed E-state index contributed by atoms with van der Waals surface area (Å²) in [5.74, 6) is -2.36. The van der Waals surface area contributed by atoms with Crippen molar-refractivity contribution in [1.82, 2.24) is 4.90 Å². The molecule has 1 saturated carbocycles. The maximum atomic E-state index is 14.9. The highest BCUT2D eigenvalue weighted by molar-refractivity contribution is 6.14. The molecule has 0 radical (unpaired) electrons. The lowest BCUT2D eigenvalue weighted by atomic mass is 9.69. The Morgan fingerprint density at radius 2 is 1.62 bits per heavy atom. The number of nitrogens with one attached hydrogen (secondary N) is 1. The van der Waals surface area contributed by atoms with Crippen molar-refractivity contribution in [3.8, 4) is 0 Å². The number of halogens is 1. The molecule has 2 fully saturated rings. The van der Waals surface area contributed by atoms with Gasteiger partial charge < -0.3 is 10.2 Å².